The number of hydrogen-bond donors (Lipinski definition) is 2. The summed E-state index contributed by atoms with van der Waals surface area (Å²) < 4.78 is 1.95. The van der Waals surface area contributed by atoms with Crippen LogP contribution in [0.25, 0.3) is 11.3 Å². The maximum atomic E-state index is 12.1. The van der Waals surface area contributed by atoms with E-state index in [9.17, 15) is 9.90 Å². The molecule has 1 atom stereocenters. The summed E-state index contributed by atoms with van der Waals surface area (Å²) in [5.41, 5.74) is 5.08. The molecule has 1 saturated heterocycles. The van der Waals surface area contributed by atoms with Crippen molar-refractivity contribution in [3.63, 3.8) is 0 Å². The van der Waals surface area contributed by atoms with E-state index in [0.29, 0.717) is 37.2 Å². The number of anilines is 1. The number of aliphatic hydroxyl groups excluding tert-OH is 1. The van der Waals surface area contributed by atoms with Crippen molar-refractivity contribution in [2.24, 2.45) is 0 Å². The maximum absolute atomic E-state index is 12.1. The van der Waals surface area contributed by atoms with Crippen molar-refractivity contribution in [2.45, 2.75) is 51.4 Å². The number of carbonyl (C=O) groups excluding carboxylic acids is 1. The molecule has 1 fully saturated rings. The first-order valence-corrected chi connectivity index (χ1v) is 13.6. The number of carbonyl (C=O) groups is 1. The molecule has 3 heterocycles. The number of benzene rings is 2. The molecule has 37 heavy (non-hydrogen) atoms. The fourth-order valence-corrected chi connectivity index (χ4v) is 5.60. The van der Waals surface area contributed by atoms with Gasteiger partial charge in [0.2, 0.25) is 5.91 Å². The fourth-order valence-electron chi connectivity index (χ4n) is 5.35. The molecule has 2 aliphatic heterocycles. The number of fused-ring (bicyclic) bond motifs is 1. The van der Waals surface area contributed by atoms with Gasteiger partial charge >= 0.3 is 0 Å². The van der Waals surface area contributed by atoms with Gasteiger partial charge < -0.3 is 20.2 Å². The first-order chi connectivity index (χ1) is 17.9. The number of amides is 1. The van der Waals surface area contributed by atoms with E-state index in [1.807, 2.05) is 58.1 Å². The minimum atomic E-state index is -0.534. The van der Waals surface area contributed by atoms with E-state index in [-0.39, 0.29) is 5.91 Å². The van der Waals surface area contributed by atoms with Gasteiger partial charge in [0.05, 0.1) is 18.3 Å². The lowest BCUT2D eigenvalue weighted by Crippen LogP contribution is -2.43. The smallest absolute Gasteiger partial charge is 0.219 e. The fraction of sp³-hybridized carbons (Fsp3) is 0.429. The molecule has 9 heteroatoms. The van der Waals surface area contributed by atoms with Gasteiger partial charge in [-0.2, -0.15) is 5.10 Å². The third-order valence-electron chi connectivity index (χ3n) is 7.35. The summed E-state index contributed by atoms with van der Waals surface area (Å²) in [7, 11) is 0. The third-order valence-corrected chi connectivity index (χ3v) is 7.86. The van der Waals surface area contributed by atoms with Gasteiger partial charge in [-0.05, 0) is 49.2 Å². The average molecular weight is 543 g/mol. The molecule has 0 spiro atoms. The molecule has 2 N–H and O–H groups in total. The van der Waals surface area contributed by atoms with Crippen LogP contribution in [-0.2, 0) is 24.3 Å². The van der Waals surface area contributed by atoms with Crippen LogP contribution in [0.2, 0.25) is 10.0 Å². The first kappa shape index (κ1) is 26.0. The Morgan fingerprint density at radius 3 is 2.32 bits per heavy atom. The second-order valence-corrected chi connectivity index (χ2v) is 10.9. The van der Waals surface area contributed by atoms with Gasteiger partial charge in [0.15, 0.2) is 0 Å². The molecular formula is C28H33Cl2N5O2. The number of β-amino-alcohol motifs (C(OH)–C–C–N with tert-alkyl or cyclic N) is 1. The molecule has 0 aliphatic carbocycles. The van der Waals surface area contributed by atoms with Crippen molar-refractivity contribution in [3.05, 3.63) is 69.8 Å². The minimum absolute atomic E-state index is 0.0643. The predicted molar refractivity (Wildman–Crippen MR) is 148 cm³/mol. The first-order valence-electron chi connectivity index (χ1n) is 12.9. The number of aliphatic hydroxyl groups is 1. The van der Waals surface area contributed by atoms with Gasteiger partial charge in [-0.3, -0.25) is 9.48 Å². The Balaban J connectivity index is 1.22. The topological polar surface area (TPSA) is 73.6 Å². The van der Waals surface area contributed by atoms with Gasteiger partial charge in [-0.25, -0.2) is 0 Å². The Bertz CT molecular complexity index is 1220. The second kappa shape index (κ2) is 11.4. The summed E-state index contributed by atoms with van der Waals surface area (Å²) >= 11 is 12.1. The number of nitrogens with zero attached hydrogens (tertiary/aromatic N) is 4. The van der Waals surface area contributed by atoms with Crippen molar-refractivity contribution < 1.29 is 9.90 Å². The van der Waals surface area contributed by atoms with Crippen LogP contribution >= 0.6 is 23.2 Å². The maximum Gasteiger partial charge on any atom is 0.219 e. The van der Waals surface area contributed by atoms with Crippen molar-refractivity contribution in [1.82, 2.24) is 19.6 Å². The molecule has 2 aliphatic rings. The highest BCUT2D eigenvalue weighted by atomic mass is 35.5. The molecule has 1 amide bonds. The lowest BCUT2D eigenvalue weighted by atomic mass is 10.0. The monoisotopic (exact) mass is 541 g/mol. The van der Waals surface area contributed by atoms with Gasteiger partial charge in [-0.1, -0.05) is 35.3 Å². The van der Waals surface area contributed by atoms with E-state index in [4.69, 9.17) is 28.3 Å². The summed E-state index contributed by atoms with van der Waals surface area (Å²) in [6, 6.07) is 15.9. The highest BCUT2D eigenvalue weighted by molar-refractivity contribution is 6.30. The molecule has 1 aromatic heterocycles. The SMILES string of the molecule is CC(=O)N1CCc2c(c(-c3ccc(Cl)cc3)nn2CC(O)CN2CCC(Nc3ccc(Cl)cc3)CC2)C1. The highest BCUT2D eigenvalue weighted by Gasteiger charge is 2.28. The van der Waals surface area contributed by atoms with Gasteiger partial charge in [0.25, 0.3) is 0 Å². The minimum Gasteiger partial charge on any atom is -0.390 e. The zero-order valence-corrected chi connectivity index (χ0v) is 22.5. The van der Waals surface area contributed by atoms with E-state index in [1.54, 1.807) is 6.92 Å². The number of piperidine rings is 1. The summed E-state index contributed by atoms with van der Waals surface area (Å²) in [5, 5.41) is 21.0. The molecule has 196 valence electrons. The number of halogens is 2. The largest absolute Gasteiger partial charge is 0.390 e. The molecule has 3 aromatic rings. The van der Waals surface area contributed by atoms with E-state index in [0.717, 1.165) is 65.6 Å². The van der Waals surface area contributed by atoms with E-state index < -0.39 is 6.10 Å². The van der Waals surface area contributed by atoms with Crippen LogP contribution in [-0.4, -0.2) is 68.9 Å². The number of aromatic nitrogens is 2. The van der Waals surface area contributed by atoms with Crippen molar-refractivity contribution >= 4 is 34.8 Å². The quantitative estimate of drug-likeness (QED) is 0.453. The molecule has 1 unspecified atom stereocenters. The van der Waals surface area contributed by atoms with Crippen molar-refractivity contribution in [1.29, 1.82) is 0 Å². The lowest BCUT2D eigenvalue weighted by Gasteiger charge is -2.34. The van der Waals surface area contributed by atoms with Crippen LogP contribution in [0.3, 0.4) is 0 Å². The molecule has 2 aromatic carbocycles. The van der Waals surface area contributed by atoms with Gasteiger partial charge in [0.1, 0.15) is 0 Å². The standard InChI is InChI=1S/C28H33Cl2N5O2/c1-19(36)34-15-12-27-26(18-34)28(20-2-4-21(29)5-3-20)32-35(27)17-25(37)16-33-13-10-24(11-14-33)31-23-8-6-22(30)7-9-23/h2-9,24-25,31,37H,10-18H2,1H3. The van der Waals surface area contributed by atoms with Crippen LogP contribution in [0.1, 0.15) is 31.0 Å². The highest BCUT2D eigenvalue weighted by Crippen LogP contribution is 2.31. The summed E-state index contributed by atoms with van der Waals surface area (Å²) in [4.78, 5) is 16.3. The number of rotatable bonds is 7. The summed E-state index contributed by atoms with van der Waals surface area (Å²) in [5.74, 6) is 0.0643. The molecule has 5 rings (SSSR count). The Morgan fingerprint density at radius 1 is 1.03 bits per heavy atom. The molecular weight excluding hydrogens is 509 g/mol. The Kier molecular flexibility index (Phi) is 8.05. The van der Waals surface area contributed by atoms with Crippen LogP contribution in [0, 0.1) is 0 Å². The number of nitrogens with one attached hydrogen (secondary N) is 1. The summed E-state index contributed by atoms with van der Waals surface area (Å²) in [6.45, 7) is 5.71. The van der Waals surface area contributed by atoms with Crippen molar-refractivity contribution in [2.75, 3.05) is 31.5 Å². The zero-order valence-electron chi connectivity index (χ0n) is 21.0. The van der Waals surface area contributed by atoms with Crippen LogP contribution in [0.15, 0.2) is 48.5 Å². The van der Waals surface area contributed by atoms with E-state index >= 15 is 0 Å². The van der Waals surface area contributed by atoms with Gasteiger partial charge in [-0.15, -0.1) is 0 Å². The van der Waals surface area contributed by atoms with E-state index in [2.05, 4.69) is 10.2 Å². The zero-order chi connectivity index (χ0) is 25.9. The Labute approximate surface area is 228 Å². The third kappa shape index (κ3) is 6.29. The predicted octanol–water partition coefficient (Wildman–Crippen LogP) is 4.70. The average Bonchev–Trinajstić information content (AvgIpc) is 3.24. The van der Waals surface area contributed by atoms with Crippen LogP contribution in [0.4, 0.5) is 5.69 Å². The second-order valence-electron chi connectivity index (χ2n) is 10.0. The normalized spacial score (nSPS) is 17.5. The van der Waals surface area contributed by atoms with Crippen LogP contribution in [0.5, 0.6) is 0 Å². The van der Waals surface area contributed by atoms with E-state index in [1.165, 1.54) is 0 Å². The van der Waals surface area contributed by atoms with Crippen LogP contribution < -0.4 is 5.32 Å². The molecule has 7 nitrogen and oxygen atoms in total. The lowest BCUT2D eigenvalue weighted by molar-refractivity contribution is -0.129. The molecule has 0 radical (unpaired) electrons. The summed E-state index contributed by atoms with van der Waals surface area (Å²) in [6.07, 6.45) is 2.24. The number of hydrogen-bond acceptors (Lipinski definition) is 5. The number of likely N-dealkylation sites (tertiary alicyclic amines) is 1. The Hall–Kier alpha value is -2.58. The molecule has 0 saturated carbocycles. The molecule has 0 bridgehead atoms. The van der Waals surface area contributed by atoms with Crippen molar-refractivity contribution in [3.8, 4) is 11.3 Å². The Morgan fingerprint density at radius 2 is 1.68 bits per heavy atom. The van der Waals surface area contributed by atoms with Gasteiger partial charge in [0, 0.05) is 84.7 Å².